The van der Waals surface area contributed by atoms with Gasteiger partial charge in [0.15, 0.2) is 0 Å². The molecule has 0 atom stereocenters. The monoisotopic (exact) mass is 314 g/mol. The number of halogens is 3. The molecule has 0 unspecified atom stereocenters. The first-order chi connectivity index (χ1) is 9.77. The molecule has 1 heterocycles. The lowest BCUT2D eigenvalue weighted by atomic mass is 10.1. The molecule has 0 spiro atoms. The summed E-state index contributed by atoms with van der Waals surface area (Å²) < 4.78 is 37.9. The molecule has 0 fully saturated rings. The van der Waals surface area contributed by atoms with Crippen LogP contribution in [-0.2, 0) is 12.7 Å². The summed E-state index contributed by atoms with van der Waals surface area (Å²) in [6.07, 6.45) is -4.51. The molecule has 3 nitrogen and oxygen atoms in total. The molecule has 1 amide bonds. The van der Waals surface area contributed by atoms with E-state index in [1.54, 1.807) is 0 Å². The zero-order chi connectivity index (χ0) is 15.6. The molecule has 2 aromatic rings. The third-order valence-electron chi connectivity index (χ3n) is 2.84. The molecule has 0 aliphatic rings. The number of nitrogen functional groups attached to an aromatic ring is 1. The number of hydrogen-bond donors (Lipinski definition) is 2. The fraction of sp³-hybridized carbons (Fsp3) is 0.214. The van der Waals surface area contributed by atoms with Gasteiger partial charge in [0.05, 0.1) is 17.7 Å². The lowest BCUT2D eigenvalue weighted by Crippen LogP contribution is -2.24. The minimum absolute atomic E-state index is 0.0165. The summed E-state index contributed by atoms with van der Waals surface area (Å²) in [6, 6.07) is 6.48. The second-order valence-electron chi connectivity index (χ2n) is 4.49. The zero-order valence-electron chi connectivity index (χ0n) is 11.1. The molecule has 7 heteroatoms. The quantitative estimate of drug-likeness (QED) is 0.851. The van der Waals surface area contributed by atoms with Crippen molar-refractivity contribution in [3.05, 3.63) is 51.2 Å². The van der Waals surface area contributed by atoms with E-state index < -0.39 is 17.6 Å². The Morgan fingerprint density at radius 3 is 2.57 bits per heavy atom. The van der Waals surface area contributed by atoms with Gasteiger partial charge in [-0.1, -0.05) is 0 Å². The van der Waals surface area contributed by atoms with Gasteiger partial charge in [-0.25, -0.2) is 0 Å². The topological polar surface area (TPSA) is 55.1 Å². The summed E-state index contributed by atoms with van der Waals surface area (Å²) in [5, 5.41) is 2.57. The van der Waals surface area contributed by atoms with Crippen LogP contribution in [0.5, 0.6) is 0 Å². The number of carbonyl (C=O) groups is 1. The van der Waals surface area contributed by atoms with E-state index in [0.29, 0.717) is 0 Å². The van der Waals surface area contributed by atoms with Gasteiger partial charge in [0, 0.05) is 15.4 Å². The molecule has 1 aromatic carbocycles. The number of hydrogen-bond acceptors (Lipinski definition) is 3. The third kappa shape index (κ3) is 3.75. The molecule has 21 heavy (non-hydrogen) atoms. The van der Waals surface area contributed by atoms with Crippen LogP contribution >= 0.6 is 11.3 Å². The highest BCUT2D eigenvalue weighted by Gasteiger charge is 2.31. The maximum absolute atomic E-state index is 12.6. The number of alkyl halides is 3. The van der Waals surface area contributed by atoms with Gasteiger partial charge < -0.3 is 11.1 Å². The number of nitrogens with one attached hydrogen (secondary N) is 1. The molecule has 2 rings (SSSR count). The predicted octanol–water partition coefficient (Wildman–Crippen LogP) is 3.59. The fourth-order valence-corrected chi connectivity index (χ4v) is 2.60. The average Bonchev–Trinajstić information content (AvgIpc) is 2.81. The zero-order valence-corrected chi connectivity index (χ0v) is 11.9. The molecular formula is C14H13F3N2OS. The van der Waals surface area contributed by atoms with Crippen LogP contribution in [0.4, 0.5) is 18.9 Å². The molecule has 0 saturated heterocycles. The Kier molecular flexibility index (Phi) is 4.22. The van der Waals surface area contributed by atoms with Crippen molar-refractivity contribution in [2.75, 3.05) is 5.73 Å². The van der Waals surface area contributed by atoms with Crippen LogP contribution in [0.3, 0.4) is 0 Å². The Morgan fingerprint density at radius 1 is 1.29 bits per heavy atom. The van der Waals surface area contributed by atoms with Crippen molar-refractivity contribution >= 4 is 22.9 Å². The minimum atomic E-state index is -4.51. The standard InChI is InChI=1S/C14H13F3N2OS/c1-8-2-4-10(21-8)7-19-13(20)11-6-9(14(15,16)17)3-5-12(11)18/h2-6H,7,18H2,1H3,(H,19,20). The van der Waals surface area contributed by atoms with E-state index in [-0.39, 0.29) is 17.8 Å². The SMILES string of the molecule is Cc1ccc(CNC(=O)c2cc(C(F)(F)F)ccc2N)s1. The molecule has 0 aliphatic heterocycles. The molecular weight excluding hydrogens is 301 g/mol. The maximum Gasteiger partial charge on any atom is 0.416 e. The van der Waals surface area contributed by atoms with E-state index in [9.17, 15) is 18.0 Å². The summed E-state index contributed by atoms with van der Waals surface area (Å²) >= 11 is 1.51. The van der Waals surface area contributed by atoms with Gasteiger partial charge in [-0.15, -0.1) is 11.3 Å². The molecule has 0 radical (unpaired) electrons. The van der Waals surface area contributed by atoms with Crippen LogP contribution in [0.25, 0.3) is 0 Å². The Labute approximate surface area is 123 Å². The van der Waals surface area contributed by atoms with Crippen molar-refractivity contribution < 1.29 is 18.0 Å². The lowest BCUT2D eigenvalue weighted by molar-refractivity contribution is -0.137. The number of carbonyl (C=O) groups excluding carboxylic acids is 1. The number of nitrogens with two attached hydrogens (primary N) is 1. The summed E-state index contributed by atoms with van der Waals surface area (Å²) in [7, 11) is 0. The Balaban J connectivity index is 2.15. The number of thiophene rings is 1. The van der Waals surface area contributed by atoms with Gasteiger partial charge >= 0.3 is 6.18 Å². The Hall–Kier alpha value is -2.02. The van der Waals surface area contributed by atoms with Crippen LogP contribution in [0.1, 0.15) is 25.7 Å². The number of aryl methyl sites for hydroxylation is 1. The first kappa shape index (κ1) is 15.4. The highest BCUT2D eigenvalue weighted by molar-refractivity contribution is 7.11. The van der Waals surface area contributed by atoms with Crippen molar-refractivity contribution in [2.24, 2.45) is 0 Å². The fourth-order valence-electron chi connectivity index (χ4n) is 1.77. The highest BCUT2D eigenvalue weighted by Crippen LogP contribution is 2.31. The van der Waals surface area contributed by atoms with E-state index in [2.05, 4.69) is 5.32 Å². The van der Waals surface area contributed by atoms with Crippen LogP contribution < -0.4 is 11.1 Å². The number of rotatable bonds is 3. The van der Waals surface area contributed by atoms with E-state index in [4.69, 9.17) is 5.73 Å². The van der Waals surface area contributed by atoms with Gasteiger partial charge in [-0.05, 0) is 37.3 Å². The van der Waals surface area contributed by atoms with Crippen molar-refractivity contribution in [1.29, 1.82) is 0 Å². The van der Waals surface area contributed by atoms with Crippen LogP contribution in [0.15, 0.2) is 30.3 Å². The summed E-state index contributed by atoms with van der Waals surface area (Å²) in [4.78, 5) is 14.0. The molecule has 112 valence electrons. The van der Waals surface area contributed by atoms with Gasteiger partial charge in [0.2, 0.25) is 0 Å². The van der Waals surface area contributed by atoms with Gasteiger partial charge in [-0.2, -0.15) is 13.2 Å². The summed E-state index contributed by atoms with van der Waals surface area (Å²) in [5.41, 5.74) is 4.53. The largest absolute Gasteiger partial charge is 0.416 e. The van der Waals surface area contributed by atoms with Crippen molar-refractivity contribution in [2.45, 2.75) is 19.6 Å². The maximum atomic E-state index is 12.6. The molecule has 0 bridgehead atoms. The number of amides is 1. The van der Waals surface area contributed by atoms with Crippen molar-refractivity contribution in [1.82, 2.24) is 5.32 Å². The van der Waals surface area contributed by atoms with E-state index >= 15 is 0 Å². The highest BCUT2D eigenvalue weighted by atomic mass is 32.1. The molecule has 3 N–H and O–H groups in total. The first-order valence-electron chi connectivity index (χ1n) is 6.07. The van der Waals surface area contributed by atoms with E-state index in [1.807, 2.05) is 19.1 Å². The molecule has 0 aliphatic carbocycles. The first-order valence-corrected chi connectivity index (χ1v) is 6.89. The number of anilines is 1. The second-order valence-corrected chi connectivity index (χ2v) is 5.87. The normalized spacial score (nSPS) is 11.4. The van der Waals surface area contributed by atoms with Crippen LogP contribution in [0.2, 0.25) is 0 Å². The average molecular weight is 314 g/mol. The van der Waals surface area contributed by atoms with Crippen molar-refractivity contribution in [3.63, 3.8) is 0 Å². The Bertz CT molecular complexity index is 664. The smallest absolute Gasteiger partial charge is 0.398 e. The van der Waals surface area contributed by atoms with Gasteiger partial charge in [0.25, 0.3) is 5.91 Å². The third-order valence-corrected chi connectivity index (χ3v) is 3.85. The lowest BCUT2D eigenvalue weighted by Gasteiger charge is -2.11. The molecule has 1 aromatic heterocycles. The van der Waals surface area contributed by atoms with Crippen LogP contribution in [0, 0.1) is 6.92 Å². The van der Waals surface area contributed by atoms with Crippen molar-refractivity contribution in [3.8, 4) is 0 Å². The molecule has 0 saturated carbocycles. The summed E-state index contributed by atoms with van der Waals surface area (Å²) in [5.74, 6) is -0.621. The number of benzene rings is 1. The van der Waals surface area contributed by atoms with E-state index in [1.165, 1.54) is 11.3 Å². The van der Waals surface area contributed by atoms with Gasteiger partial charge in [-0.3, -0.25) is 4.79 Å². The predicted molar refractivity (Wildman–Crippen MR) is 76.1 cm³/mol. The van der Waals surface area contributed by atoms with Crippen LogP contribution in [-0.4, -0.2) is 5.91 Å². The van der Waals surface area contributed by atoms with Gasteiger partial charge in [0.1, 0.15) is 0 Å². The Morgan fingerprint density at radius 2 is 2.00 bits per heavy atom. The second kappa shape index (κ2) is 5.77. The minimum Gasteiger partial charge on any atom is -0.398 e. The summed E-state index contributed by atoms with van der Waals surface area (Å²) in [6.45, 7) is 2.19. The van der Waals surface area contributed by atoms with E-state index in [0.717, 1.165) is 28.0 Å².